The summed E-state index contributed by atoms with van der Waals surface area (Å²) in [6.45, 7) is 1.81. The van der Waals surface area contributed by atoms with Crippen molar-refractivity contribution in [2.24, 2.45) is 0 Å². The van der Waals surface area contributed by atoms with Crippen LogP contribution in [0.25, 0.3) is 16.7 Å². The molecule has 2 aromatic carbocycles. The molecule has 0 atom stereocenters. The second-order valence-electron chi connectivity index (χ2n) is 4.35. The summed E-state index contributed by atoms with van der Waals surface area (Å²) in [5.74, 6) is 0.677. The smallest absolute Gasteiger partial charge is 0.290 e. The molecule has 1 heterocycles. The average Bonchev–Trinajstić information content (AvgIpc) is 2.73. The van der Waals surface area contributed by atoms with Crippen molar-refractivity contribution in [3.8, 4) is 5.69 Å². The van der Waals surface area contributed by atoms with Gasteiger partial charge in [-0.3, -0.25) is 14.7 Å². The van der Waals surface area contributed by atoms with Gasteiger partial charge in [-0.2, -0.15) is 0 Å². The van der Waals surface area contributed by atoms with E-state index in [-0.39, 0.29) is 10.7 Å². The first-order valence-corrected chi connectivity index (χ1v) is 6.35. The number of nitro groups is 1. The van der Waals surface area contributed by atoms with Crippen molar-refractivity contribution < 1.29 is 4.92 Å². The summed E-state index contributed by atoms with van der Waals surface area (Å²) in [4.78, 5) is 15.2. The zero-order chi connectivity index (χ0) is 14.3. The molecule has 5 nitrogen and oxygen atoms in total. The largest absolute Gasteiger partial charge is 0.311 e. The molecule has 0 aliphatic rings. The van der Waals surface area contributed by atoms with E-state index in [1.165, 1.54) is 6.07 Å². The summed E-state index contributed by atoms with van der Waals surface area (Å²) in [5.41, 5.74) is 1.92. The number of fused-ring (bicyclic) bond motifs is 1. The first-order chi connectivity index (χ1) is 9.59. The molecule has 0 aliphatic heterocycles. The Morgan fingerprint density at radius 3 is 2.70 bits per heavy atom. The number of benzene rings is 2. The van der Waals surface area contributed by atoms with Crippen LogP contribution in [0.4, 0.5) is 5.69 Å². The number of imidazole rings is 1. The third kappa shape index (κ3) is 1.83. The molecular weight excluding hydrogens is 278 g/mol. The Bertz CT molecular complexity index is 826. The lowest BCUT2D eigenvalue weighted by atomic mass is 10.2. The van der Waals surface area contributed by atoms with Gasteiger partial charge in [-0.25, -0.2) is 4.98 Å². The van der Waals surface area contributed by atoms with Crippen molar-refractivity contribution in [1.29, 1.82) is 0 Å². The molecule has 0 spiro atoms. The van der Waals surface area contributed by atoms with Gasteiger partial charge in [0.2, 0.25) is 0 Å². The fraction of sp³-hybridized carbons (Fsp3) is 0.0714. The molecule has 0 unspecified atom stereocenters. The zero-order valence-electron chi connectivity index (χ0n) is 10.6. The van der Waals surface area contributed by atoms with Crippen molar-refractivity contribution in [3.63, 3.8) is 0 Å². The van der Waals surface area contributed by atoms with Gasteiger partial charge < -0.3 is 0 Å². The molecule has 0 saturated heterocycles. The Balaban J connectivity index is 2.40. The maximum Gasteiger partial charge on any atom is 0.311 e. The second kappa shape index (κ2) is 4.61. The summed E-state index contributed by atoms with van der Waals surface area (Å²) in [7, 11) is 0. The van der Waals surface area contributed by atoms with Gasteiger partial charge in [0.25, 0.3) is 0 Å². The topological polar surface area (TPSA) is 61.0 Å². The van der Waals surface area contributed by atoms with Crippen molar-refractivity contribution in [1.82, 2.24) is 9.55 Å². The Kier molecular flexibility index (Phi) is 2.91. The van der Waals surface area contributed by atoms with E-state index < -0.39 is 4.92 Å². The molecule has 1 aromatic heterocycles. The Hall–Kier alpha value is -2.40. The van der Waals surface area contributed by atoms with Crippen LogP contribution in [0.3, 0.4) is 0 Å². The van der Waals surface area contributed by atoms with E-state index in [1.54, 1.807) is 16.7 Å². The predicted octanol–water partition coefficient (Wildman–Crippen LogP) is 3.90. The minimum absolute atomic E-state index is 0.111. The Morgan fingerprint density at radius 2 is 1.95 bits per heavy atom. The molecule has 3 rings (SSSR count). The Morgan fingerprint density at radius 1 is 1.20 bits per heavy atom. The SMILES string of the molecule is Cc1nc2ccccc2n1-c1cccc(Cl)c1[N+](=O)[O-]. The van der Waals surface area contributed by atoms with Crippen LogP contribution in [0, 0.1) is 17.0 Å². The van der Waals surface area contributed by atoms with E-state index in [0.717, 1.165) is 11.0 Å². The van der Waals surface area contributed by atoms with Crippen molar-refractivity contribution in [3.05, 3.63) is 63.4 Å². The summed E-state index contributed by atoms with van der Waals surface area (Å²) >= 11 is 5.97. The fourth-order valence-corrected chi connectivity index (χ4v) is 2.55. The van der Waals surface area contributed by atoms with E-state index in [1.807, 2.05) is 31.2 Å². The van der Waals surface area contributed by atoms with Gasteiger partial charge in [0.15, 0.2) is 0 Å². The number of hydrogen-bond donors (Lipinski definition) is 0. The monoisotopic (exact) mass is 287 g/mol. The van der Waals surface area contributed by atoms with E-state index in [9.17, 15) is 10.1 Å². The third-order valence-electron chi connectivity index (χ3n) is 3.12. The highest BCUT2D eigenvalue weighted by molar-refractivity contribution is 6.33. The average molecular weight is 288 g/mol. The van der Waals surface area contributed by atoms with Crippen molar-refractivity contribution >= 4 is 28.3 Å². The van der Waals surface area contributed by atoms with Crippen LogP contribution in [0.2, 0.25) is 5.02 Å². The van der Waals surface area contributed by atoms with Crippen LogP contribution >= 0.6 is 11.6 Å². The van der Waals surface area contributed by atoms with E-state index in [0.29, 0.717) is 11.5 Å². The molecule has 0 bridgehead atoms. The molecule has 0 radical (unpaired) electrons. The molecule has 0 fully saturated rings. The summed E-state index contributed by atoms with van der Waals surface area (Å²) in [5, 5.41) is 11.4. The highest BCUT2D eigenvalue weighted by Crippen LogP contribution is 2.33. The molecule has 20 heavy (non-hydrogen) atoms. The first-order valence-electron chi connectivity index (χ1n) is 5.97. The van der Waals surface area contributed by atoms with Crippen molar-refractivity contribution in [2.45, 2.75) is 6.92 Å². The maximum atomic E-state index is 11.3. The normalized spacial score (nSPS) is 10.9. The van der Waals surface area contributed by atoms with Gasteiger partial charge in [0, 0.05) is 0 Å². The standard InChI is InChI=1S/C14H10ClN3O2/c1-9-16-11-6-2-3-7-12(11)17(9)13-8-4-5-10(15)14(13)18(19)20/h2-8H,1H3. The molecular formula is C14H10ClN3O2. The number of para-hydroxylation sites is 3. The lowest BCUT2D eigenvalue weighted by Crippen LogP contribution is -2.02. The molecule has 0 amide bonds. The van der Waals surface area contributed by atoms with E-state index in [2.05, 4.69) is 4.98 Å². The number of aryl methyl sites for hydroxylation is 1. The number of hydrogen-bond acceptors (Lipinski definition) is 3. The van der Waals surface area contributed by atoms with Crippen LogP contribution in [-0.2, 0) is 0 Å². The first kappa shape index (κ1) is 12.6. The highest BCUT2D eigenvalue weighted by Gasteiger charge is 2.22. The molecule has 100 valence electrons. The van der Waals surface area contributed by atoms with Crippen LogP contribution < -0.4 is 0 Å². The maximum absolute atomic E-state index is 11.3. The molecule has 0 saturated carbocycles. The van der Waals surface area contributed by atoms with Gasteiger partial charge in [-0.05, 0) is 31.2 Å². The second-order valence-corrected chi connectivity index (χ2v) is 4.76. The summed E-state index contributed by atoms with van der Waals surface area (Å²) in [6, 6.07) is 12.4. The van der Waals surface area contributed by atoms with E-state index in [4.69, 9.17) is 11.6 Å². The van der Waals surface area contributed by atoms with Crippen LogP contribution in [0.5, 0.6) is 0 Å². The Labute approximate surface area is 119 Å². The molecule has 6 heteroatoms. The van der Waals surface area contributed by atoms with Crippen LogP contribution in [0.1, 0.15) is 5.82 Å². The molecule has 0 aliphatic carbocycles. The minimum Gasteiger partial charge on any atom is -0.290 e. The minimum atomic E-state index is -0.466. The summed E-state index contributed by atoms with van der Waals surface area (Å²) in [6.07, 6.45) is 0. The molecule has 3 aromatic rings. The quantitative estimate of drug-likeness (QED) is 0.530. The number of aromatic nitrogens is 2. The van der Waals surface area contributed by atoms with Gasteiger partial charge in [-0.15, -0.1) is 0 Å². The number of rotatable bonds is 2. The van der Waals surface area contributed by atoms with Gasteiger partial charge >= 0.3 is 5.69 Å². The lowest BCUT2D eigenvalue weighted by Gasteiger charge is -2.08. The van der Waals surface area contributed by atoms with Crippen LogP contribution in [-0.4, -0.2) is 14.5 Å². The summed E-state index contributed by atoms with van der Waals surface area (Å²) < 4.78 is 1.75. The predicted molar refractivity (Wildman–Crippen MR) is 77.5 cm³/mol. The van der Waals surface area contributed by atoms with E-state index >= 15 is 0 Å². The van der Waals surface area contributed by atoms with Crippen molar-refractivity contribution in [2.75, 3.05) is 0 Å². The van der Waals surface area contributed by atoms with Gasteiger partial charge in [0.05, 0.1) is 16.0 Å². The number of nitrogens with zero attached hydrogens (tertiary/aromatic N) is 3. The van der Waals surface area contributed by atoms with Gasteiger partial charge in [0.1, 0.15) is 16.5 Å². The number of nitro benzene ring substituents is 1. The third-order valence-corrected chi connectivity index (χ3v) is 3.42. The van der Waals surface area contributed by atoms with Crippen LogP contribution in [0.15, 0.2) is 42.5 Å². The lowest BCUT2D eigenvalue weighted by molar-refractivity contribution is -0.384. The zero-order valence-corrected chi connectivity index (χ0v) is 11.3. The number of halogens is 1. The highest BCUT2D eigenvalue weighted by atomic mass is 35.5. The van der Waals surface area contributed by atoms with Gasteiger partial charge in [-0.1, -0.05) is 29.8 Å². The fourth-order valence-electron chi connectivity index (χ4n) is 2.32. The molecule has 0 N–H and O–H groups in total.